The van der Waals surface area contributed by atoms with E-state index in [-0.39, 0.29) is 23.8 Å². The smallest absolute Gasteiger partial charge is 0.325 e. The Labute approximate surface area is 187 Å². The zero-order valence-electron chi connectivity index (χ0n) is 18.5. The van der Waals surface area contributed by atoms with Gasteiger partial charge < -0.3 is 20.4 Å². The number of aromatic nitrogens is 1. The standard InChI is InChI=1S/C25H31N3O4/c1-32-22(29)14-27-23(30)21(9-18-13-26-20-5-3-2-4-19(18)20)28-24(31)25-10-15-6-16(11-25)8-17(7-15)12-25/h2-5,13,15-17,21,26H,6-12,14H2,1H3,(H,27,30)(H,28,31)/t15?,16?,17?,21-,25?/m0/s1. The highest BCUT2D eigenvalue weighted by Crippen LogP contribution is 2.60. The molecule has 4 fully saturated rings. The predicted octanol–water partition coefficient (Wildman–Crippen LogP) is 2.70. The lowest BCUT2D eigenvalue weighted by atomic mass is 9.49. The first kappa shape index (κ1) is 21.0. The molecular formula is C25H31N3O4. The molecule has 7 heteroatoms. The fourth-order valence-electron chi connectivity index (χ4n) is 6.78. The molecule has 0 aliphatic heterocycles. The number of ether oxygens (including phenoxy) is 1. The molecule has 4 saturated carbocycles. The largest absolute Gasteiger partial charge is 0.468 e. The van der Waals surface area contributed by atoms with E-state index in [1.807, 2.05) is 30.5 Å². The molecule has 4 aliphatic carbocycles. The van der Waals surface area contributed by atoms with Crippen LogP contribution in [0.5, 0.6) is 0 Å². The summed E-state index contributed by atoms with van der Waals surface area (Å²) in [4.78, 5) is 41.4. The first-order valence-corrected chi connectivity index (χ1v) is 11.7. The second-order valence-electron chi connectivity index (χ2n) is 10.1. The van der Waals surface area contributed by atoms with Crippen molar-refractivity contribution < 1.29 is 19.1 Å². The first-order valence-electron chi connectivity index (χ1n) is 11.7. The van der Waals surface area contributed by atoms with Gasteiger partial charge in [0.25, 0.3) is 0 Å². The highest BCUT2D eigenvalue weighted by atomic mass is 16.5. The van der Waals surface area contributed by atoms with Crippen LogP contribution in [0.3, 0.4) is 0 Å². The van der Waals surface area contributed by atoms with Gasteiger partial charge in [0.05, 0.1) is 7.11 Å². The third-order valence-electron chi connectivity index (χ3n) is 7.88. The van der Waals surface area contributed by atoms with E-state index in [4.69, 9.17) is 0 Å². The number of nitrogens with one attached hydrogen (secondary N) is 3. The topological polar surface area (TPSA) is 100 Å². The Bertz CT molecular complexity index is 1010. The summed E-state index contributed by atoms with van der Waals surface area (Å²) in [5.41, 5.74) is 1.61. The van der Waals surface area contributed by atoms with Crippen molar-refractivity contribution in [1.82, 2.24) is 15.6 Å². The van der Waals surface area contributed by atoms with Crippen LogP contribution >= 0.6 is 0 Å². The van der Waals surface area contributed by atoms with E-state index < -0.39 is 12.0 Å². The van der Waals surface area contributed by atoms with E-state index in [9.17, 15) is 14.4 Å². The Hall–Kier alpha value is -2.83. The average molecular weight is 438 g/mol. The molecular weight excluding hydrogens is 406 g/mol. The Kier molecular flexibility index (Phi) is 5.43. The van der Waals surface area contributed by atoms with E-state index in [0.717, 1.165) is 35.7 Å². The van der Waals surface area contributed by atoms with Crippen LogP contribution < -0.4 is 10.6 Å². The highest BCUT2D eigenvalue weighted by Gasteiger charge is 2.55. The maximum atomic E-state index is 13.6. The summed E-state index contributed by atoms with van der Waals surface area (Å²) < 4.78 is 4.64. The number of H-pyrrole nitrogens is 1. The lowest BCUT2D eigenvalue weighted by Crippen LogP contribution is -2.58. The minimum Gasteiger partial charge on any atom is -0.468 e. The summed E-state index contributed by atoms with van der Waals surface area (Å²) >= 11 is 0. The summed E-state index contributed by atoms with van der Waals surface area (Å²) in [7, 11) is 1.28. The van der Waals surface area contributed by atoms with Gasteiger partial charge in [0, 0.05) is 28.9 Å². The molecule has 0 unspecified atom stereocenters. The van der Waals surface area contributed by atoms with Gasteiger partial charge in [-0.1, -0.05) is 18.2 Å². The summed E-state index contributed by atoms with van der Waals surface area (Å²) in [6.07, 6.45) is 8.83. The Morgan fingerprint density at radius 2 is 1.75 bits per heavy atom. The normalized spacial score (nSPS) is 29.0. The number of esters is 1. The maximum absolute atomic E-state index is 13.6. The van der Waals surface area contributed by atoms with Crippen molar-refractivity contribution in [3.63, 3.8) is 0 Å². The number of fused-ring (bicyclic) bond motifs is 1. The lowest BCUT2D eigenvalue weighted by molar-refractivity contribution is -0.148. The van der Waals surface area contributed by atoms with E-state index >= 15 is 0 Å². The van der Waals surface area contributed by atoms with Crippen molar-refractivity contribution in [2.24, 2.45) is 23.2 Å². The molecule has 1 heterocycles. The molecule has 7 nitrogen and oxygen atoms in total. The number of aromatic amines is 1. The van der Waals surface area contributed by atoms with Crippen LogP contribution in [0, 0.1) is 23.2 Å². The second-order valence-corrected chi connectivity index (χ2v) is 10.1. The van der Waals surface area contributed by atoms with Crippen LogP contribution in [-0.2, 0) is 25.5 Å². The molecule has 1 aromatic carbocycles. The quantitative estimate of drug-likeness (QED) is 0.580. The van der Waals surface area contributed by atoms with Crippen molar-refractivity contribution in [1.29, 1.82) is 0 Å². The number of rotatable bonds is 7. The molecule has 4 bridgehead atoms. The van der Waals surface area contributed by atoms with Gasteiger partial charge in [-0.25, -0.2) is 0 Å². The zero-order valence-corrected chi connectivity index (χ0v) is 18.5. The Balaban J connectivity index is 1.36. The summed E-state index contributed by atoms with van der Waals surface area (Å²) in [6.45, 7) is -0.215. The molecule has 4 aliphatic rings. The summed E-state index contributed by atoms with van der Waals surface area (Å²) in [6, 6.07) is 7.15. The zero-order chi connectivity index (χ0) is 22.3. The summed E-state index contributed by atoms with van der Waals surface area (Å²) in [5, 5.41) is 6.77. The molecule has 2 amide bonds. The first-order chi connectivity index (χ1) is 15.5. The number of carbonyl (C=O) groups excluding carboxylic acids is 3. The molecule has 1 aromatic heterocycles. The van der Waals surface area contributed by atoms with E-state index in [2.05, 4.69) is 20.4 Å². The fraction of sp³-hybridized carbons (Fsp3) is 0.560. The van der Waals surface area contributed by atoms with Crippen molar-refractivity contribution in [2.45, 2.75) is 51.0 Å². The third-order valence-corrected chi connectivity index (χ3v) is 7.88. The predicted molar refractivity (Wildman–Crippen MR) is 120 cm³/mol. The lowest BCUT2D eigenvalue weighted by Gasteiger charge is -2.55. The van der Waals surface area contributed by atoms with Gasteiger partial charge in [0.2, 0.25) is 11.8 Å². The van der Waals surface area contributed by atoms with Crippen molar-refractivity contribution in [2.75, 3.05) is 13.7 Å². The minimum atomic E-state index is -0.751. The monoisotopic (exact) mass is 437 g/mol. The average Bonchev–Trinajstić information content (AvgIpc) is 3.18. The van der Waals surface area contributed by atoms with Crippen LogP contribution in [-0.4, -0.2) is 42.5 Å². The molecule has 0 radical (unpaired) electrons. The van der Waals surface area contributed by atoms with Gasteiger partial charge >= 0.3 is 5.97 Å². The summed E-state index contributed by atoms with van der Waals surface area (Å²) in [5.74, 6) is 1.07. The van der Waals surface area contributed by atoms with Crippen LogP contribution in [0.25, 0.3) is 10.9 Å². The van der Waals surface area contributed by atoms with Gasteiger partial charge in [0.1, 0.15) is 12.6 Å². The SMILES string of the molecule is COC(=O)CNC(=O)[C@H](Cc1c[nH]c2ccccc12)NC(=O)C12CC3CC(CC(C3)C1)C2. The minimum absolute atomic E-state index is 0.00894. The van der Waals surface area contributed by atoms with E-state index in [0.29, 0.717) is 24.2 Å². The van der Waals surface area contributed by atoms with Gasteiger partial charge in [-0.15, -0.1) is 0 Å². The van der Waals surface area contributed by atoms with Gasteiger partial charge in [-0.2, -0.15) is 0 Å². The molecule has 3 N–H and O–H groups in total. The molecule has 0 saturated heterocycles. The number of para-hydroxylation sites is 1. The maximum Gasteiger partial charge on any atom is 0.325 e. The van der Waals surface area contributed by atoms with E-state index in [1.165, 1.54) is 26.4 Å². The number of amides is 2. The van der Waals surface area contributed by atoms with Crippen molar-refractivity contribution in [3.05, 3.63) is 36.0 Å². The molecule has 0 spiro atoms. The van der Waals surface area contributed by atoms with Crippen LogP contribution in [0.2, 0.25) is 0 Å². The molecule has 1 atom stereocenters. The van der Waals surface area contributed by atoms with Gasteiger partial charge in [-0.05, 0) is 67.9 Å². The molecule has 32 heavy (non-hydrogen) atoms. The fourth-order valence-corrected chi connectivity index (χ4v) is 6.78. The number of methoxy groups -OCH3 is 1. The Morgan fingerprint density at radius 3 is 2.41 bits per heavy atom. The molecule has 6 rings (SSSR count). The van der Waals surface area contributed by atoms with E-state index in [1.54, 1.807) is 0 Å². The third kappa shape index (κ3) is 3.89. The number of hydrogen-bond donors (Lipinski definition) is 3. The van der Waals surface area contributed by atoms with Crippen LogP contribution in [0.4, 0.5) is 0 Å². The van der Waals surface area contributed by atoms with Crippen molar-refractivity contribution >= 4 is 28.7 Å². The number of hydrogen-bond acceptors (Lipinski definition) is 4. The van der Waals surface area contributed by atoms with Gasteiger partial charge in [-0.3, -0.25) is 14.4 Å². The van der Waals surface area contributed by atoms with Gasteiger partial charge in [0.15, 0.2) is 0 Å². The molecule has 170 valence electrons. The number of carbonyl (C=O) groups is 3. The Morgan fingerprint density at radius 1 is 1.09 bits per heavy atom. The second kappa shape index (κ2) is 8.26. The van der Waals surface area contributed by atoms with Crippen LogP contribution in [0.1, 0.15) is 44.1 Å². The number of benzene rings is 1. The van der Waals surface area contributed by atoms with Crippen LogP contribution in [0.15, 0.2) is 30.5 Å². The highest BCUT2D eigenvalue weighted by molar-refractivity contribution is 5.92. The van der Waals surface area contributed by atoms with Crippen molar-refractivity contribution in [3.8, 4) is 0 Å². The molecule has 2 aromatic rings.